The number of rotatable bonds is 2. The van der Waals surface area contributed by atoms with E-state index in [1.54, 1.807) is 6.07 Å². The van der Waals surface area contributed by atoms with Crippen LogP contribution in [0, 0.1) is 6.92 Å². The van der Waals surface area contributed by atoms with Gasteiger partial charge < -0.3 is 9.52 Å². The smallest absolute Gasteiger partial charge is 0.181 e. The number of benzene rings is 1. The van der Waals surface area contributed by atoms with E-state index in [0.717, 1.165) is 11.1 Å². The molecule has 0 saturated heterocycles. The minimum atomic E-state index is -0.131. The number of halogens is 1. The SMILES string of the molecule is Cc1cc(-c2ocnc2CO)ccc1Cl. The predicted molar refractivity (Wildman–Crippen MR) is 57.6 cm³/mol. The first-order chi connectivity index (χ1) is 7.22. The van der Waals surface area contributed by atoms with Crippen molar-refractivity contribution in [2.75, 3.05) is 0 Å². The highest BCUT2D eigenvalue weighted by Crippen LogP contribution is 2.26. The highest BCUT2D eigenvalue weighted by atomic mass is 35.5. The van der Waals surface area contributed by atoms with Crippen molar-refractivity contribution in [3.05, 3.63) is 40.9 Å². The van der Waals surface area contributed by atoms with Gasteiger partial charge in [-0.25, -0.2) is 4.98 Å². The Balaban J connectivity index is 2.50. The van der Waals surface area contributed by atoms with Crippen LogP contribution in [0.3, 0.4) is 0 Å². The average molecular weight is 224 g/mol. The van der Waals surface area contributed by atoms with Crippen LogP contribution < -0.4 is 0 Å². The second-order valence-electron chi connectivity index (χ2n) is 3.25. The maximum Gasteiger partial charge on any atom is 0.181 e. The van der Waals surface area contributed by atoms with Crippen LogP contribution in [0.4, 0.5) is 0 Å². The van der Waals surface area contributed by atoms with Crippen molar-refractivity contribution < 1.29 is 9.52 Å². The molecule has 0 aliphatic carbocycles. The Bertz CT molecular complexity index is 479. The summed E-state index contributed by atoms with van der Waals surface area (Å²) in [4.78, 5) is 3.91. The Labute approximate surface area is 92.3 Å². The van der Waals surface area contributed by atoms with Crippen molar-refractivity contribution >= 4 is 11.6 Å². The van der Waals surface area contributed by atoms with E-state index in [9.17, 15) is 0 Å². The lowest BCUT2D eigenvalue weighted by Gasteiger charge is -2.02. The van der Waals surface area contributed by atoms with Crippen LogP contribution in [0.1, 0.15) is 11.3 Å². The van der Waals surface area contributed by atoms with Crippen molar-refractivity contribution in [2.24, 2.45) is 0 Å². The Hall–Kier alpha value is -1.32. The monoisotopic (exact) mass is 223 g/mol. The maximum atomic E-state index is 9.04. The molecule has 0 aliphatic rings. The molecule has 0 unspecified atom stereocenters. The van der Waals surface area contributed by atoms with Gasteiger partial charge >= 0.3 is 0 Å². The Morgan fingerprint density at radius 2 is 2.27 bits per heavy atom. The highest BCUT2D eigenvalue weighted by molar-refractivity contribution is 6.31. The molecule has 3 nitrogen and oxygen atoms in total. The molecule has 0 amide bonds. The molecule has 1 N–H and O–H groups in total. The molecule has 0 aliphatic heterocycles. The summed E-state index contributed by atoms with van der Waals surface area (Å²) in [5.74, 6) is 0.595. The van der Waals surface area contributed by atoms with E-state index < -0.39 is 0 Å². The number of aliphatic hydroxyl groups excluding tert-OH is 1. The number of hydrogen-bond donors (Lipinski definition) is 1. The summed E-state index contributed by atoms with van der Waals surface area (Å²) < 4.78 is 5.22. The first-order valence-electron chi connectivity index (χ1n) is 4.52. The minimum absolute atomic E-state index is 0.131. The van der Waals surface area contributed by atoms with E-state index in [2.05, 4.69) is 4.98 Å². The summed E-state index contributed by atoms with van der Waals surface area (Å²) in [6.07, 6.45) is 1.32. The molecule has 0 bridgehead atoms. The van der Waals surface area contributed by atoms with Gasteiger partial charge in [-0.15, -0.1) is 0 Å². The first kappa shape index (κ1) is 10.2. The van der Waals surface area contributed by atoms with Crippen molar-refractivity contribution in [2.45, 2.75) is 13.5 Å². The summed E-state index contributed by atoms with van der Waals surface area (Å²) in [7, 11) is 0. The zero-order chi connectivity index (χ0) is 10.8. The van der Waals surface area contributed by atoms with Crippen LogP contribution in [-0.4, -0.2) is 10.1 Å². The zero-order valence-electron chi connectivity index (χ0n) is 8.20. The van der Waals surface area contributed by atoms with Crippen LogP contribution in [-0.2, 0) is 6.61 Å². The third-order valence-electron chi connectivity index (χ3n) is 2.21. The Kier molecular flexibility index (Phi) is 2.75. The van der Waals surface area contributed by atoms with Gasteiger partial charge in [0.1, 0.15) is 5.69 Å². The summed E-state index contributed by atoms with van der Waals surface area (Å²) in [5.41, 5.74) is 2.38. The van der Waals surface area contributed by atoms with E-state index in [-0.39, 0.29) is 6.61 Å². The molecule has 2 rings (SSSR count). The lowest BCUT2D eigenvalue weighted by molar-refractivity contribution is 0.277. The van der Waals surface area contributed by atoms with Crippen LogP contribution in [0.5, 0.6) is 0 Å². The summed E-state index contributed by atoms with van der Waals surface area (Å²) in [6, 6.07) is 5.55. The fourth-order valence-electron chi connectivity index (χ4n) is 1.40. The van der Waals surface area contributed by atoms with Gasteiger partial charge in [-0.3, -0.25) is 0 Å². The fraction of sp³-hybridized carbons (Fsp3) is 0.182. The molecule has 15 heavy (non-hydrogen) atoms. The standard InChI is InChI=1S/C11H10ClNO2/c1-7-4-8(2-3-9(7)12)11-10(5-14)13-6-15-11/h2-4,6,14H,5H2,1H3. The van der Waals surface area contributed by atoms with Crippen molar-refractivity contribution in [3.63, 3.8) is 0 Å². The highest BCUT2D eigenvalue weighted by Gasteiger charge is 2.10. The van der Waals surface area contributed by atoms with Gasteiger partial charge in [-0.1, -0.05) is 11.6 Å². The molecular formula is C11H10ClNO2. The molecule has 2 aromatic rings. The van der Waals surface area contributed by atoms with E-state index in [4.69, 9.17) is 21.1 Å². The second kappa shape index (κ2) is 4.04. The number of hydrogen-bond acceptors (Lipinski definition) is 3. The number of aromatic nitrogens is 1. The van der Waals surface area contributed by atoms with Gasteiger partial charge in [0.25, 0.3) is 0 Å². The summed E-state index contributed by atoms with van der Waals surface area (Å²) in [5, 5.41) is 9.76. The van der Waals surface area contributed by atoms with Crippen molar-refractivity contribution in [1.82, 2.24) is 4.98 Å². The number of oxazole rings is 1. The fourth-order valence-corrected chi connectivity index (χ4v) is 1.52. The average Bonchev–Trinajstić information content (AvgIpc) is 2.70. The largest absolute Gasteiger partial charge is 0.443 e. The molecule has 0 spiro atoms. The quantitative estimate of drug-likeness (QED) is 0.852. The Morgan fingerprint density at radius 1 is 1.47 bits per heavy atom. The molecule has 0 atom stereocenters. The van der Waals surface area contributed by atoms with Crippen LogP contribution in [0.2, 0.25) is 5.02 Å². The van der Waals surface area contributed by atoms with Gasteiger partial charge in [-0.05, 0) is 30.7 Å². The number of aryl methyl sites for hydroxylation is 1. The van der Waals surface area contributed by atoms with Gasteiger partial charge in [-0.2, -0.15) is 0 Å². The van der Waals surface area contributed by atoms with Gasteiger partial charge in [0.15, 0.2) is 12.2 Å². The first-order valence-corrected chi connectivity index (χ1v) is 4.90. The molecule has 0 saturated carbocycles. The topological polar surface area (TPSA) is 46.3 Å². The number of nitrogens with zero attached hydrogens (tertiary/aromatic N) is 1. The van der Waals surface area contributed by atoms with Crippen LogP contribution >= 0.6 is 11.6 Å². The normalized spacial score (nSPS) is 10.6. The second-order valence-corrected chi connectivity index (χ2v) is 3.66. The Morgan fingerprint density at radius 3 is 2.93 bits per heavy atom. The molecule has 78 valence electrons. The number of aliphatic hydroxyl groups is 1. The molecule has 1 heterocycles. The molecule has 4 heteroatoms. The molecule has 0 fully saturated rings. The zero-order valence-corrected chi connectivity index (χ0v) is 8.95. The van der Waals surface area contributed by atoms with Crippen LogP contribution in [0.15, 0.2) is 29.0 Å². The van der Waals surface area contributed by atoms with E-state index in [1.807, 2.05) is 19.1 Å². The van der Waals surface area contributed by atoms with Gasteiger partial charge in [0, 0.05) is 10.6 Å². The van der Waals surface area contributed by atoms with Crippen molar-refractivity contribution in [1.29, 1.82) is 0 Å². The third kappa shape index (κ3) is 1.89. The minimum Gasteiger partial charge on any atom is -0.443 e. The lowest BCUT2D eigenvalue weighted by atomic mass is 10.1. The summed E-state index contributed by atoms with van der Waals surface area (Å²) >= 11 is 5.92. The van der Waals surface area contributed by atoms with Gasteiger partial charge in [0.05, 0.1) is 6.61 Å². The van der Waals surface area contributed by atoms with Crippen molar-refractivity contribution in [3.8, 4) is 11.3 Å². The van der Waals surface area contributed by atoms with Gasteiger partial charge in [0.2, 0.25) is 0 Å². The third-order valence-corrected chi connectivity index (χ3v) is 2.64. The summed E-state index contributed by atoms with van der Waals surface area (Å²) in [6.45, 7) is 1.79. The molecule has 0 radical (unpaired) electrons. The van der Waals surface area contributed by atoms with Crippen LogP contribution in [0.25, 0.3) is 11.3 Å². The maximum absolute atomic E-state index is 9.04. The predicted octanol–water partition coefficient (Wildman–Crippen LogP) is 2.80. The van der Waals surface area contributed by atoms with E-state index in [1.165, 1.54) is 6.39 Å². The van der Waals surface area contributed by atoms with E-state index >= 15 is 0 Å². The molecular weight excluding hydrogens is 214 g/mol. The molecule has 1 aromatic carbocycles. The lowest BCUT2D eigenvalue weighted by Crippen LogP contribution is -1.87. The molecule has 1 aromatic heterocycles. The van der Waals surface area contributed by atoms with E-state index in [0.29, 0.717) is 16.5 Å².